The molecule has 10 heteroatoms. The molecule has 0 aliphatic rings. The van der Waals surface area contributed by atoms with Crippen molar-refractivity contribution in [2.75, 3.05) is 5.32 Å². The van der Waals surface area contributed by atoms with Gasteiger partial charge in [0.2, 0.25) is 10.0 Å². The number of carbonyl (C=O) groups is 2. The number of nitrogens with one attached hydrogen (secondary N) is 2. The lowest BCUT2D eigenvalue weighted by atomic mass is 10.2. The number of anilines is 1. The number of hydrogen-bond donors (Lipinski definition) is 2. The highest BCUT2D eigenvalue weighted by atomic mass is 35.5. The molecular weight excluding hydrogens is 439 g/mol. The zero-order valence-electron chi connectivity index (χ0n) is 15.9. The number of amides is 1. The molecule has 0 bridgehead atoms. The van der Waals surface area contributed by atoms with E-state index < -0.39 is 28.0 Å². The van der Waals surface area contributed by atoms with Gasteiger partial charge in [-0.05, 0) is 57.2 Å². The lowest BCUT2D eigenvalue weighted by Gasteiger charge is -2.15. The second-order valence-corrected chi connectivity index (χ2v) is 8.94. The molecule has 0 saturated carbocycles. The summed E-state index contributed by atoms with van der Waals surface area (Å²) in [4.78, 5) is 24.6. The molecule has 2 aromatic carbocycles. The summed E-state index contributed by atoms with van der Waals surface area (Å²) in [5.74, 6) is -1.38. The summed E-state index contributed by atoms with van der Waals surface area (Å²) in [6.45, 7) is 4.83. The molecule has 0 radical (unpaired) electrons. The number of benzene rings is 2. The first-order valence-corrected chi connectivity index (χ1v) is 10.8. The van der Waals surface area contributed by atoms with Crippen molar-refractivity contribution in [3.8, 4) is 0 Å². The molecule has 2 aromatic rings. The molecule has 156 valence electrons. The molecule has 0 aliphatic carbocycles. The number of carbonyl (C=O) groups excluding carboxylic acids is 2. The van der Waals surface area contributed by atoms with E-state index in [1.807, 2.05) is 0 Å². The quantitative estimate of drug-likeness (QED) is 0.613. The molecular formula is C19H20Cl2N2O5S. The smallest absolute Gasteiger partial charge is 0.340 e. The van der Waals surface area contributed by atoms with Crippen LogP contribution in [0.5, 0.6) is 0 Å². The lowest BCUT2D eigenvalue weighted by molar-refractivity contribution is -0.123. The van der Waals surface area contributed by atoms with Crippen molar-refractivity contribution in [2.45, 2.75) is 37.8 Å². The Morgan fingerprint density at radius 3 is 2.21 bits per heavy atom. The summed E-state index contributed by atoms with van der Waals surface area (Å²) in [5, 5.41) is 2.79. The highest BCUT2D eigenvalue weighted by molar-refractivity contribution is 7.89. The Balaban J connectivity index is 2.02. The first kappa shape index (κ1) is 23.2. The van der Waals surface area contributed by atoms with Gasteiger partial charge in [-0.1, -0.05) is 29.3 Å². The van der Waals surface area contributed by atoms with Gasteiger partial charge in [0.1, 0.15) is 0 Å². The van der Waals surface area contributed by atoms with Crippen LogP contribution in [-0.4, -0.2) is 32.4 Å². The van der Waals surface area contributed by atoms with E-state index in [0.29, 0.717) is 5.69 Å². The molecule has 2 N–H and O–H groups in total. The van der Waals surface area contributed by atoms with Crippen molar-refractivity contribution >= 4 is 50.8 Å². The van der Waals surface area contributed by atoms with E-state index in [4.69, 9.17) is 27.9 Å². The first-order valence-electron chi connectivity index (χ1n) is 8.59. The van der Waals surface area contributed by atoms with E-state index >= 15 is 0 Å². The molecule has 1 amide bonds. The summed E-state index contributed by atoms with van der Waals surface area (Å²) in [7, 11) is -3.63. The van der Waals surface area contributed by atoms with Gasteiger partial charge in [0.15, 0.2) is 6.10 Å². The third-order valence-electron chi connectivity index (χ3n) is 3.65. The number of halogens is 2. The minimum Gasteiger partial charge on any atom is -0.449 e. The maximum atomic E-state index is 12.3. The Morgan fingerprint density at radius 2 is 1.62 bits per heavy atom. The number of ether oxygens (including phenoxy) is 1. The van der Waals surface area contributed by atoms with Crippen LogP contribution in [0.4, 0.5) is 5.69 Å². The highest BCUT2D eigenvalue weighted by Crippen LogP contribution is 2.26. The largest absolute Gasteiger partial charge is 0.449 e. The van der Waals surface area contributed by atoms with Crippen LogP contribution in [-0.2, 0) is 19.6 Å². The van der Waals surface area contributed by atoms with Crippen LogP contribution in [0.15, 0.2) is 47.4 Å². The molecule has 1 unspecified atom stereocenters. The van der Waals surface area contributed by atoms with Crippen molar-refractivity contribution in [1.82, 2.24) is 4.72 Å². The number of hydrogen-bond acceptors (Lipinski definition) is 5. The average molecular weight is 459 g/mol. The van der Waals surface area contributed by atoms with Gasteiger partial charge in [0.05, 0.1) is 20.5 Å². The van der Waals surface area contributed by atoms with Gasteiger partial charge in [0.25, 0.3) is 5.91 Å². The SMILES string of the molecule is CC(C)NS(=O)(=O)c1ccc(NC(=O)C(C)OC(=O)c2cccc(Cl)c2Cl)cc1. The molecule has 0 saturated heterocycles. The zero-order chi connectivity index (χ0) is 21.8. The lowest BCUT2D eigenvalue weighted by Crippen LogP contribution is -2.31. The van der Waals surface area contributed by atoms with E-state index in [9.17, 15) is 18.0 Å². The monoisotopic (exact) mass is 458 g/mol. The molecule has 2 rings (SSSR count). The van der Waals surface area contributed by atoms with E-state index in [-0.39, 0.29) is 26.5 Å². The third kappa shape index (κ3) is 6.17. The Morgan fingerprint density at radius 1 is 1.00 bits per heavy atom. The molecule has 0 heterocycles. The molecule has 0 spiro atoms. The van der Waals surface area contributed by atoms with Crippen molar-refractivity contribution in [3.63, 3.8) is 0 Å². The Bertz CT molecular complexity index is 1010. The molecule has 0 fully saturated rings. The second-order valence-electron chi connectivity index (χ2n) is 6.44. The maximum absolute atomic E-state index is 12.3. The topological polar surface area (TPSA) is 102 Å². The van der Waals surface area contributed by atoms with Gasteiger partial charge >= 0.3 is 5.97 Å². The van der Waals surface area contributed by atoms with Gasteiger partial charge in [-0.25, -0.2) is 17.9 Å². The van der Waals surface area contributed by atoms with Crippen molar-refractivity contribution < 1.29 is 22.7 Å². The summed E-state index contributed by atoms with van der Waals surface area (Å²) < 4.78 is 31.8. The van der Waals surface area contributed by atoms with E-state index in [1.165, 1.54) is 43.3 Å². The maximum Gasteiger partial charge on any atom is 0.340 e. The number of sulfonamides is 1. The normalized spacial score (nSPS) is 12.5. The van der Waals surface area contributed by atoms with Gasteiger partial charge in [-0.15, -0.1) is 0 Å². The zero-order valence-corrected chi connectivity index (χ0v) is 18.2. The van der Waals surface area contributed by atoms with Crippen molar-refractivity contribution in [1.29, 1.82) is 0 Å². The van der Waals surface area contributed by atoms with Crippen LogP contribution in [0.1, 0.15) is 31.1 Å². The second kappa shape index (κ2) is 9.58. The van der Waals surface area contributed by atoms with E-state index in [1.54, 1.807) is 19.9 Å². The molecule has 29 heavy (non-hydrogen) atoms. The predicted molar refractivity (Wildman–Crippen MR) is 112 cm³/mol. The van der Waals surface area contributed by atoms with Gasteiger partial charge < -0.3 is 10.1 Å². The fourth-order valence-corrected chi connectivity index (χ4v) is 3.91. The van der Waals surface area contributed by atoms with Crippen LogP contribution in [0.2, 0.25) is 10.0 Å². The fraction of sp³-hybridized carbons (Fsp3) is 0.263. The van der Waals surface area contributed by atoms with Gasteiger partial charge in [-0.2, -0.15) is 0 Å². The van der Waals surface area contributed by atoms with Gasteiger partial charge in [0, 0.05) is 11.7 Å². The third-order valence-corrected chi connectivity index (χ3v) is 6.14. The van der Waals surface area contributed by atoms with Crippen molar-refractivity contribution in [3.05, 3.63) is 58.1 Å². The van der Waals surface area contributed by atoms with Crippen LogP contribution in [0, 0.1) is 0 Å². The van der Waals surface area contributed by atoms with E-state index in [0.717, 1.165) is 0 Å². The molecule has 7 nitrogen and oxygen atoms in total. The fourth-order valence-electron chi connectivity index (χ4n) is 2.28. The first-order chi connectivity index (χ1) is 13.5. The van der Waals surface area contributed by atoms with Crippen LogP contribution < -0.4 is 10.0 Å². The summed E-state index contributed by atoms with van der Waals surface area (Å²) >= 11 is 11.8. The molecule has 1 atom stereocenters. The Labute approximate surface area is 179 Å². The predicted octanol–water partition coefficient (Wildman–Crippen LogP) is 3.86. The van der Waals surface area contributed by atoms with Crippen LogP contribution in [0.25, 0.3) is 0 Å². The average Bonchev–Trinajstić information content (AvgIpc) is 2.63. The minimum absolute atomic E-state index is 0.0404. The standard InChI is InChI=1S/C19H20Cl2N2O5S/c1-11(2)23-29(26,27)14-9-7-13(8-10-14)22-18(24)12(3)28-19(25)15-5-4-6-16(20)17(15)21/h4-12,23H,1-3H3,(H,22,24). The molecule has 0 aromatic heterocycles. The van der Waals surface area contributed by atoms with Gasteiger partial charge in [-0.3, -0.25) is 4.79 Å². The Kier molecular flexibility index (Phi) is 7.65. The van der Waals surface area contributed by atoms with Crippen LogP contribution in [0.3, 0.4) is 0 Å². The highest BCUT2D eigenvalue weighted by Gasteiger charge is 2.22. The summed E-state index contributed by atoms with van der Waals surface area (Å²) in [6.07, 6.45) is -1.12. The Hall–Kier alpha value is -2.13. The van der Waals surface area contributed by atoms with Crippen LogP contribution >= 0.6 is 23.2 Å². The van der Waals surface area contributed by atoms with Crippen molar-refractivity contribution in [2.24, 2.45) is 0 Å². The summed E-state index contributed by atoms with van der Waals surface area (Å²) in [5.41, 5.74) is 0.396. The summed E-state index contributed by atoms with van der Waals surface area (Å²) in [6, 6.07) is 9.86. The van der Waals surface area contributed by atoms with E-state index in [2.05, 4.69) is 10.0 Å². The number of esters is 1. The number of rotatable bonds is 7. The molecule has 0 aliphatic heterocycles. The minimum atomic E-state index is -3.63.